The molecular formula is C10H21N3O2. The van der Waals surface area contributed by atoms with Crippen molar-refractivity contribution in [2.75, 3.05) is 13.6 Å². The molecule has 0 aromatic rings. The van der Waals surface area contributed by atoms with E-state index in [4.69, 9.17) is 5.73 Å². The smallest absolute Gasteiger partial charge is 0.242 e. The van der Waals surface area contributed by atoms with Crippen molar-refractivity contribution in [1.82, 2.24) is 10.6 Å². The molecule has 0 bridgehead atoms. The van der Waals surface area contributed by atoms with Crippen LogP contribution < -0.4 is 16.4 Å². The third kappa shape index (κ3) is 6.06. The molecule has 0 aliphatic heterocycles. The molecule has 0 rings (SSSR count). The zero-order chi connectivity index (χ0) is 11.7. The van der Waals surface area contributed by atoms with E-state index in [0.29, 0.717) is 25.8 Å². The molecule has 0 aliphatic rings. The molecule has 88 valence electrons. The number of carbonyl (C=O) groups excluding carboxylic acids is 2. The van der Waals surface area contributed by atoms with Crippen molar-refractivity contribution in [2.45, 2.75) is 38.6 Å². The number of nitrogens with one attached hydrogen (secondary N) is 2. The Morgan fingerprint density at radius 2 is 2.07 bits per heavy atom. The van der Waals surface area contributed by atoms with Crippen LogP contribution in [-0.4, -0.2) is 31.4 Å². The van der Waals surface area contributed by atoms with Gasteiger partial charge in [-0.1, -0.05) is 13.3 Å². The van der Waals surface area contributed by atoms with Gasteiger partial charge in [0.2, 0.25) is 11.8 Å². The van der Waals surface area contributed by atoms with Crippen LogP contribution in [0.1, 0.15) is 32.6 Å². The maximum Gasteiger partial charge on any atom is 0.242 e. The molecule has 0 aromatic heterocycles. The Hall–Kier alpha value is -1.10. The zero-order valence-corrected chi connectivity index (χ0v) is 9.51. The SMILES string of the molecule is CCCC(NC(=O)CCCN)C(=O)NC. The summed E-state index contributed by atoms with van der Waals surface area (Å²) >= 11 is 0. The molecule has 0 fully saturated rings. The lowest BCUT2D eigenvalue weighted by atomic mass is 10.1. The van der Waals surface area contributed by atoms with E-state index in [0.717, 1.165) is 6.42 Å². The number of likely N-dealkylation sites (N-methyl/N-ethyl adjacent to an activating group) is 1. The molecule has 0 aromatic carbocycles. The van der Waals surface area contributed by atoms with Gasteiger partial charge in [0, 0.05) is 13.5 Å². The Bertz CT molecular complexity index is 207. The van der Waals surface area contributed by atoms with Crippen LogP contribution in [0.2, 0.25) is 0 Å². The van der Waals surface area contributed by atoms with Gasteiger partial charge in [-0.3, -0.25) is 9.59 Å². The second-order valence-electron chi connectivity index (χ2n) is 3.42. The minimum absolute atomic E-state index is 0.109. The Morgan fingerprint density at radius 3 is 2.53 bits per heavy atom. The van der Waals surface area contributed by atoms with Crippen LogP contribution in [0.25, 0.3) is 0 Å². The fourth-order valence-electron chi connectivity index (χ4n) is 1.26. The highest BCUT2D eigenvalue weighted by atomic mass is 16.2. The van der Waals surface area contributed by atoms with E-state index in [1.54, 1.807) is 7.05 Å². The first-order valence-corrected chi connectivity index (χ1v) is 5.36. The van der Waals surface area contributed by atoms with E-state index in [9.17, 15) is 9.59 Å². The number of carbonyl (C=O) groups is 2. The lowest BCUT2D eigenvalue weighted by molar-refractivity contribution is -0.128. The Kier molecular flexibility index (Phi) is 7.62. The molecule has 0 saturated carbocycles. The van der Waals surface area contributed by atoms with Crippen molar-refractivity contribution in [1.29, 1.82) is 0 Å². The molecule has 1 atom stereocenters. The lowest BCUT2D eigenvalue weighted by Crippen LogP contribution is -2.45. The molecule has 0 spiro atoms. The second kappa shape index (κ2) is 8.23. The minimum atomic E-state index is -0.412. The number of amides is 2. The average Bonchev–Trinajstić information content (AvgIpc) is 2.24. The molecule has 5 heteroatoms. The van der Waals surface area contributed by atoms with Crippen molar-refractivity contribution < 1.29 is 9.59 Å². The molecule has 2 amide bonds. The quantitative estimate of drug-likeness (QED) is 0.548. The van der Waals surface area contributed by atoms with Gasteiger partial charge in [-0.15, -0.1) is 0 Å². The average molecular weight is 215 g/mol. The van der Waals surface area contributed by atoms with Gasteiger partial charge < -0.3 is 16.4 Å². The first-order valence-electron chi connectivity index (χ1n) is 5.36. The first kappa shape index (κ1) is 13.9. The lowest BCUT2D eigenvalue weighted by Gasteiger charge is -2.16. The molecule has 5 nitrogen and oxygen atoms in total. The number of hydrogen-bond acceptors (Lipinski definition) is 3. The highest BCUT2D eigenvalue weighted by Crippen LogP contribution is 1.98. The Labute approximate surface area is 90.8 Å². The molecule has 0 heterocycles. The van der Waals surface area contributed by atoms with E-state index < -0.39 is 6.04 Å². The predicted octanol–water partition coefficient (Wildman–Crippen LogP) is -0.244. The molecule has 4 N–H and O–H groups in total. The van der Waals surface area contributed by atoms with Crippen LogP contribution in [0.5, 0.6) is 0 Å². The maximum atomic E-state index is 11.4. The molecule has 0 aliphatic carbocycles. The number of rotatable bonds is 7. The van der Waals surface area contributed by atoms with Gasteiger partial charge in [-0.2, -0.15) is 0 Å². The summed E-state index contributed by atoms with van der Waals surface area (Å²) < 4.78 is 0. The molecular weight excluding hydrogens is 194 g/mol. The second-order valence-corrected chi connectivity index (χ2v) is 3.42. The van der Waals surface area contributed by atoms with Crippen LogP contribution in [0, 0.1) is 0 Å². The van der Waals surface area contributed by atoms with Gasteiger partial charge in [-0.25, -0.2) is 0 Å². The van der Waals surface area contributed by atoms with E-state index in [1.807, 2.05) is 6.92 Å². The van der Waals surface area contributed by atoms with E-state index >= 15 is 0 Å². The van der Waals surface area contributed by atoms with Crippen molar-refractivity contribution in [3.63, 3.8) is 0 Å². The highest BCUT2D eigenvalue weighted by molar-refractivity contribution is 5.87. The summed E-state index contributed by atoms with van der Waals surface area (Å²) in [6.07, 6.45) is 2.55. The third-order valence-corrected chi connectivity index (χ3v) is 2.08. The van der Waals surface area contributed by atoms with E-state index in [2.05, 4.69) is 10.6 Å². The fourth-order valence-corrected chi connectivity index (χ4v) is 1.26. The minimum Gasteiger partial charge on any atom is -0.357 e. The molecule has 1 unspecified atom stereocenters. The standard InChI is InChI=1S/C10H21N3O2/c1-3-5-8(10(15)12-2)13-9(14)6-4-7-11/h8H,3-7,11H2,1-2H3,(H,12,15)(H,13,14). The molecule has 0 radical (unpaired) electrons. The largest absolute Gasteiger partial charge is 0.357 e. The fraction of sp³-hybridized carbons (Fsp3) is 0.800. The summed E-state index contributed by atoms with van der Waals surface area (Å²) in [5.41, 5.74) is 5.29. The molecule has 15 heavy (non-hydrogen) atoms. The summed E-state index contributed by atoms with van der Waals surface area (Å²) in [5.74, 6) is -0.250. The van der Waals surface area contributed by atoms with E-state index in [-0.39, 0.29) is 11.8 Å². The van der Waals surface area contributed by atoms with Crippen molar-refractivity contribution in [3.05, 3.63) is 0 Å². The maximum absolute atomic E-state index is 11.4. The van der Waals surface area contributed by atoms with Gasteiger partial charge in [0.25, 0.3) is 0 Å². The number of nitrogens with two attached hydrogens (primary N) is 1. The summed E-state index contributed by atoms with van der Waals surface area (Å²) in [5, 5.41) is 5.23. The van der Waals surface area contributed by atoms with Gasteiger partial charge in [-0.05, 0) is 19.4 Å². The topological polar surface area (TPSA) is 84.2 Å². The monoisotopic (exact) mass is 215 g/mol. The first-order chi connectivity index (χ1) is 7.15. The van der Waals surface area contributed by atoms with Crippen LogP contribution >= 0.6 is 0 Å². The van der Waals surface area contributed by atoms with Gasteiger partial charge in [0.15, 0.2) is 0 Å². The summed E-state index contributed by atoms with van der Waals surface area (Å²) in [7, 11) is 1.57. The van der Waals surface area contributed by atoms with Crippen LogP contribution in [-0.2, 0) is 9.59 Å². The third-order valence-electron chi connectivity index (χ3n) is 2.08. The highest BCUT2D eigenvalue weighted by Gasteiger charge is 2.17. The normalized spacial score (nSPS) is 11.9. The van der Waals surface area contributed by atoms with Gasteiger partial charge >= 0.3 is 0 Å². The molecule has 0 saturated heterocycles. The van der Waals surface area contributed by atoms with Crippen LogP contribution in [0.3, 0.4) is 0 Å². The predicted molar refractivity (Wildman–Crippen MR) is 59.2 cm³/mol. The van der Waals surface area contributed by atoms with Crippen LogP contribution in [0.4, 0.5) is 0 Å². The Balaban J connectivity index is 4.03. The van der Waals surface area contributed by atoms with Crippen molar-refractivity contribution in [2.24, 2.45) is 5.73 Å². The summed E-state index contributed by atoms with van der Waals surface area (Å²) in [4.78, 5) is 22.7. The summed E-state index contributed by atoms with van der Waals surface area (Å²) in [6, 6.07) is -0.412. The van der Waals surface area contributed by atoms with Gasteiger partial charge in [0.1, 0.15) is 6.04 Å². The number of hydrogen-bond donors (Lipinski definition) is 3. The van der Waals surface area contributed by atoms with Crippen molar-refractivity contribution >= 4 is 11.8 Å². The van der Waals surface area contributed by atoms with Gasteiger partial charge in [0.05, 0.1) is 0 Å². The van der Waals surface area contributed by atoms with E-state index in [1.165, 1.54) is 0 Å². The zero-order valence-electron chi connectivity index (χ0n) is 9.51. The van der Waals surface area contributed by atoms with Crippen LogP contribution in [0.15, 0.2) is 0 Å². The van der Waals surface area contributed by atoms with Crippen molar-refractivity contribution in [3.8, 4) is 0 Å². The Morgan fingerprint density at radius 1 is 1.40 bits per heavy atom. The summed E-state index contributed by atoms with van der Waals surface area (Å²) in [6.45, 7) is 2.47.